The average molecular weight is 293 g/mol. The van der Waals surface area contributed by atoms with Crippen molar-refractivity contribution in [3.63, 3.8) is 0 Å². The fraction of sp³-hybridized carbons (Fsp3) is 0.824. The molecule has 1 saturated carbocycles. The molecule has 1 saturated heterocycles. The average Bonchev–Trinajstić information content (AvgIpc) is 2.75. The minimum Gasteiger partial charge on any atom is -0.299 e. The molecule has 21 heavy (non-hydrogen) atoms. The third-order valence-corrected chi connectivity index (χ3v) is 5.17. The maximum Gasteiger partial charge on any atom is 0.233 e. The molecule has 4 heteroatoms. The summed E-state index contributed by atoms with van der Waals surface area (Å²) in [6.45, 7) is 6.48. The standard InChI is InChI=1S/C17H27NO3/c1-4-15(19)13-7-5-12(6-8-13)10-18-16(20)9-14(11(2)3)17(18)21/h11-14H,4-10H2,1-3H3/t12-,13-,14-/m1/s1. The molecule has 0 N–H and O–H groups in total. The van der Waals surface area contributed by atoms with Crippen molar-refractivity contribution in [3.05, 3.63) is 0 Å². The van der Waals surface area contributed by atoms with Crippen LogP contribution < -0.4 is 0 Å². The van der Waals surface area contributed by atoms with Crippen LogP contribution in [0.3, 0.4) is 0 Å². The highest BCUT2D eigenvalue weighted by molar-refractivity contribution is 6.03. The monoisotopic (exact) mass is 293 g/mol. The van der Waals surface area contributed by atoms with Crippen LogP contribution in [-0.4, -0.2) is 29.0 Å². The molecule has 2 aliphatic rings. The molecule has 2 rings (SSSR count). The molecule has 4 nitrogen and oxygen atoms in total. The number of Topliss-reactive ketones (excluding diaryl/α,β-unsaturated/α-hetero) is 1. The summed E-state index contributed by atoms with van der Waals surface area (Å²) >= 11 is 0. The predicted molar refractivity (Wildman–Crippen MR) is 80.4 cm³/mol. The zero-order valence-corrected chi connectivity index (χ0v) is 13.4. The van der Waals surface area contributed by atoms with E-state index >= 15 is 0 Å². The van der Waals surface area contributed by atoms with Gasteiger partial charge in [0, 0.05) is 31.2 Å². The Balaban J connectivity index is 1.88. The minimum absolute atomic E-state index is 0.00884. The van der Waals surface area contributed by atoms with Crippen LogP contribution in [0.2, 0.25) is 0 Å². The molecule has 1 atom stereocenters. The van der Waals surface area contributed by atoms with Gasteiger partial charge in [0.15, 0.2) is 0 Å². The molecule has 1 aliphatic heterocycles. The van der Waals surface area contributed by atoms with Crippen LogP contribution >= 0.6 is 0 Å². The van der Waals surface area contributed by atoms with Crippen molar-refractivity contribution in [3.8, 4) is 0 Å². The number of hydrogen-bond donors (Lipinski definition) is 0. The molecule has 0 aromatic rings. The Hall–Kier alpha value is -1.19. The molecular weight excluding hydrogens is 266 g/mol. The van der Waals surface area contributed by atoms with E-state index < -0.39 is 0 Å². The Kier molecular flexibility index (Phi) is 5.17. The highest BCUT2D eigenvalue weighted by atomic mass is 16.2. The van der Waals surface area contributed by atoms with Crippen LogP contribution in [-0.2, 0) is 14.4 Å². The molecule has 1 heterocycles. The van der Waals surface area contributed by atoms with E-state index in [0.717, 1.165) is 25.7 Å². The van der Waals surface area contributed by atoms with Crippen LogP contribution in [0.4, 0.5) is 0 Å². The van der Waals surface area contributed by atoms with Gasteiger partial charge in [0.1, 0.15) is 5.78 Å². The van der Waals surface area contributed by atoms with Crippen molar-refractivity contribution in [1.29, 1.82) is 0 Å². The van der Waals surface area contributed by atoms with E-state index in [-0.39, 0.29) is 29.6 Å². The minimum atomic E-state index is -0.129. The van der Waals surface area contributed by atoms with Crippen LogP contribution in [0, 0.1) is 23.7 Å². The highest BCUT2D eigenvalue weighted by Gasteiger charge is 2.41. The lowest BCUT2D eigenvalue weighted by Crippen LogP contribution is -2.37. The van der Waals surface area contributed by atoms with E-state index in [0.29, 0.717) is 31.1 Å². The lowest BCUT2D eigenvalue weighted by Gasteiger charge is -2.30. The van der Waals surface area contributed by atoms with Crippen LogP contribution in [0.15, 0.2) is 0 Å². The number of imide groups is 1. The zero-order chi connectivity index (χ0) is 15.6. The van der Waals surface area contributed by atoms with Gasteiger partial charge in [-0.25, -0.2) is 0 Å². The smallest absolute Gasteiger partial charge is 0.233 e. The van der Waals surface area contributed by atoms with E-state index in [1.807, 2.05) is 20.8 Å². The number of ketones is 1. The van der Waals surface area contributed by atoms with Gasteiger partial charge in [-0.3, -0.25) is 19.3 Å². The number of carbonyl (C=O) groups is 3. The van der Waals surface area contributed by atoms with Crippen LogP contribution in [0.5, 0.6) is 0 Å². The summed E-state index contributed by atoms with van der Waals surface area (Å²) in [5, 5.41) is 0. The van der Waals surface area contributed by atoms with Crippen molar-refractivity contribution in [1.82, 2.24) is 4.90 Å². The normalized spacial score (nSPS) is 30.3. The fourth-order valence-electron chi connectivity index (χ4n) is 3.64. The number of hydrogen-bond acceptors (Lipinski definition) is 3. The molecule has 2 fully saturated rings. The molecule has 0 unspecified atom stereocenters. The summed E-state index contributed by atoms with van der Waals surface area (Å²) < 4.78 is 0. The third kappa shape index (κ3) is 3.53. The summed E-state index contributed by atoms with van der Waals surface area (Å²) in [6, 6.07) is 0. The molecule has 1 aliphatic carbocycles. The number of amides is 2. The Bertz CT molecular complexity index is 422. The van der Waals surface area contributed by atoms with Gasteiger partial charge in [-0.2, -0.15) is 0 Å². The first-order valence-electron chi connectivity index (χ1n) is 8.30. The van der Waals surface area contributed by atoms with E-state index in [1.165, 1.54) is 4.90 Å². The third-order valence-electron chi connectivity index (χ3n) is 5.17. The van der Waals surface area contributed by atoms with Gasteiger partial charge in [-0.1, -0.05) is 20.8 Å². The van der Waals surface area contributed by atoms with Gasteiger partial charge in [-0.05, 0) is 37.5 Å². The Morgan fingerprint density at radius 2 is 1.81 bits per heavy atom. The maximum atomic E-state index is 12.3. The maximum absolute atomic E-state index is 12.3. The van der Waals surface area contributed by atoms with Gasteiger partial charge in [-0.15, -0.1) is 0 Å². The van der Waals surface area contributed by atoms with Gasteiger partial charge in [0.25, 0.3) is 0 Å². The Morgan fingerprint density at radius 1 is 1.19 bits per heavy atom. The lowest BCUT2D eigenvalue weighted by molar-refractivity contribution is -0.141. The molecule has 0 bridgehead atoms. The second-order valence-corrected chi connectivity index (χ2v) is 6.93. The van der Waals surface area contributed by atoms with E-state index in [1.54, 1.807) is 0 Å². The highest BCUT2D eigenvalue weighted by Crippen LogP contribution is 2.33. The van der Waals surface area contributed by atoms with Gasteiger partial charge in [0.2, 0.25) is 11.8 Å². The summed E-state index contributed by atoms with van der Waals surface area (Å²) in [6.07, 6.45) is 4.75. The summed E-state index contributed by atoms with van der Waals surface area (Å²) in [5.74, 6) is 1.05. The van der Waals surface area contributed by atoms with Crippen molar-refractivity contribution in [2.45, 2.75) is 59.3 Å². The first-order chi connectivity index (χ1) is 9.93. The largest absolute Gasteiger partial charge is 0.299 e. The van der Waals surface area contributed by atoms with Gasteiger partial charge < -0.3 is 0 Å². The number of carbonyl (C=O) groups excluding carboxylic acids is 3. The SMILES string of the molecule is CCC(=O)[C@H]1CC[C@H](CN2C(=O)C[C@H](C(C)C)C2=O)CC1. The molecule has 0 radical (unpaired) electrons. The van der Waals surface area contributed by atoms with Crippen molar-refractivity contribution in [2.24, 2.45) is 23.7 Å². The fourth-order valence-corrected chi connectivity index (χ4v) is 3.64. The number of likely N-dealkylation sites (tertiary alicyclic amines) is 1. The second kappa shape index (κ2) is 6.71. The second-order valence-electron chi connectivity index (χ2n) is 6.93. The molecule has 0 aromatic heterocycles. The topological polar surface area (TPSA) is 54.5 Å². The van der Waals surface area contributed by atoms with Crippen LogP contribution in [0.1, 0.15) is 59.3 Å². The number of rotatable bonds is 5. The van der Waals surface area contributed by atoms with Crippen molar-refractivity contribution >= 4 is 17.6 Å². The molecule has 0 spiro atoms. The van der Waals surface area contributed by atoms with Gasteiger partial charge in [0.05, 0.1) is 0 Å². The number of nitrogens with zero attached hydrogens (tertiary/aromatic N) is 1. The summed E-state index contributed by atoms with van der Waals surface area (Å²) in [7, 11) is 0. The summed E-state index contributed by atoms with van der Waals surface area (Å²) in [4.78, 5) is 37.5. The Morgan fingerprint density at radius 3 is 2.29 bits per heavy atom. The molecule has 2 amide bonds. The first-order valence-corrected chi connectivity index (χ1v) is 8.30. The van der Waals surface area contributed by atoms with E-state index in [9.17, 15) is 14.4 Å². The predicted octanol–water partition coefficient (Wildman–Crippen LogP) is 2.80. The molecule has 0 aromatic carbocycles. The van der Waals surface area contributed by atoms with Crippen molar-refractivity contribution in [2.75, 3.05) is 6.54 Å². The van der Waals surface area contributed by atoms with Crippen molar-refractivity contribution < 1.29 is 14.4 Å². The molecular formula is C17H27NO3. The molecule has 118 valence electrons. The first kappa shape index (κ1) is 16.2. The summed E-state index contributed by atoms with van der Waals surface area (Å²) in [5.41, 5.74) is 0. The zero-order valence-electron chi connectivity index (χ0n) is 13.4. The van der Waals surface area contributed by atoms with E-state index in [4.69, 9.17) is 0 Å². The Labute approximate surface area is 127 Å². The lowest BCUT2D eigenvalue weighted by atomic mass is 9.79. The van der Waals surface area contributed by atoms with E-state index in [2.05, 4.69) is 0 Å². The van der Waals surface area contributed by atoms with Gasteiger partial charge >= 0.3 is 0 Å². The van der Waals surface area contributed by atoms with Crippen LogP contribution in [0.25, 0.3) is 0 Å². The quantitative estimate of drug-likeness (QED) is 0.732.